The van der Waals surface area contributed by atoms with Gasteiger partial charge in [0.15, 0.2) is 0 Å². The maximum atomic E-state index is 13.0. The summed E-state index contributed by atoms with van der Waals surface area (Å²) in [6, 6.07) is 4.70. The van der Waals surface area contributed by atoms with E-state index in [0.29, 0.717) is 0 Å². The monoisotopic (exact) mass is 200 g/mol. The lowest BCUT2D eigenvalue weighted by atomic mass is 10.1. The Labute approximate surface area is 83.1 Å². The molecule has 0 saturated carbocycles. The Morgan fingerprint density at radius 2 is 2.08 bits per heavy atom. The normalized spacial score (nSPS) is 13.4. The molecule has 0 aromatic heterocycles. The van der Waals surface area contributed by atoms with Gasteiger partial charge in [-0.15, -0.1) is 0 Å². The third-order valence-corrected chi connectivity index (χ3v) is 2.26. The number of nitrogens with zero attached hydrogens (tertiary/aromatic N) is 1. The highest BCUT2D eigenvalue weighted by atomic mass is 35.5. The SMILES string of the molecule is [CH2]C(c1ccc(Cl)c(F)c1)N(C)C. The van der Waals surface area contributed by atoms with Crippen molar-refractivity contribution in [2.75, 3.05) is 14.1 Å². The van der Waals surface area contributed by atoms with Gasteiger partial charge < -0.3 is 4.90 Å². The van der Waals surface area contributed by atoms with Crippen LogP contribution in [0.5, 0.6) is 0 Å². The lowest BCUT2D eigenvalue weighted by Gasteiger charge is -2.19. The van der Waals surface area contributed by atoms with Crippen molar-refractivity contribution < 1.29 is 4.39 Å². The molecule has 3 heteroatoms. The highest BCUT2D eigenvalue weighted by molar-refractivity contribution is 6.30. The van der Waals surface area contributed by atoms with Crippen LogP contribution in [0.15, 0.2) is 18.2 Å². The highest BCUT2D eigenvalue weighted by Gasteiger charge is 2.09. The van der Waals surface area contributed by atoms with E-state index in [1.54, 1.807) is 12.1 Å². The predicted molar refractivity (Wildman–Crippen MR) is 53.2 cm³/mol. The van der Waals surface area contributed by atoms with Crippen LogP contribution in [0.1, 0.15) is 11.6 Å². The first-order valence-corrected chi connectivity index (χ1v) is 4.34. The molecule has 0 amide bonds. The molecule has 0 saturated heterocycles. The number of hydrogen-bond acceptors (Lipinski definition) is 1. The van der Waals surface area contributed by atoms with Crippen molar-refractivity contribution in [2.45, 2.75) is 6.04 Å². The van der Waals surface area contributed by atoms with E-state index in [4.69, 9.17) is 11.6 Å². The highest BCUT2D eigenvalue weighted by Crippen LogP contribution is 2.22. The second-order valence-electron chi connectivity index (χ2n) is 3.15. The Morgan fingerprint density at radius 1 is 1.46 bits per heavy atom. The Balaban J connectivity index is 2.97. The lowest BCUT2D eigenvalue weighted by molar-refractivity contribution is 0.348. The van der Waals surface area contributed by atoms with Crippen molar-refractivity contribution in [2.24, 2.45) is 0 Å². The molecule has 1 unspecified atom stereocenters. The molecule has 1 radical (unpaired) electrons. The minimum Gasteiger partial charge on any atom is -0.302 e. The van der Waals surface area contributed by atoms with Gasteiger partial charge in [-0.1, -0.05) is 17.7 Å². The number of benzene rings is 1. The van der Waals surface area contributed by atoms with Crippen LogP contribution in [0.4, 0.5) is 4.39 Å². The molecule has 1 aromatic carbocycles. The fraction of sp³-hybridized carbons (Fsp3) is 0.300. The summed E-state index contributed by atoms with van der Waals surface area (Å²) in [5, 5.41) is 0.148. The molecule has 0 bridgehead atoms. The summed E-state index contributed by atoms with van der Waals surface area (Å²) in [6.07, 6.45) is 0. The minimum absolute atomic E-state index is 0.0493. The van der Waals surface area contributed by atoms with Crippen LogP contribution in [0.2, 0.25) is 5.02 Å². The third-order valence-electron chi connectivity index (χ3n) is 1.95. The van der Waals surface area contributed by atoms with E-state index >= 15 is 0 Å². The Bertz CT molecular complexity index is 299. The number of hydrogen-bond donors (Lipinski definition) is 0. The van der Waals surface area contributed by atoms with Gasteiger partial charge in [-0.2, -0.15) is 0 Å². The standard InChI is InChI=1S/C10H12ClFN/c1-7(13(2)3)8-4-5-9(11)10(12)6-8/h4-7H,1H2,2-3H3. The molecule has 1 atom stereocenters. The van der Waals surface area contributed by atoms with Crippen molar-refractivity contribution in [3.63, 3.8) is 0 Å². The molecule has 13 heavy (non-hydrogen) atoms. The fourth-order valence-corrected chi connectivity index (χ4v) is 1.14. The van der Waals surface area contributed by atoms with Crippen LogP contribution in [0.3, 0.4) is 0 Å². The summed E-state index contributed by atoms with van der Waals surface area (Å²) in [6.45, 7) is 3.89. The molecule has 0 N–H and O–H groups in total. The Morgan fingerprint density at radius 3 is 2.54 bits per heavy atom. The van der Waals surface area contributed by atoms with Crippen molar-refractivity contribution in [1.29, 1.82) is 0 Å². The van der Waals surface area contributed by atoms with Gasteiger partial charge in [0, 0.05) is 6.04 Å². The smallest absolute Gasteiger partial charge is 0.142 e. The van der Waals surface area contributed by atoms with Crippen molar-refractivity contribution in [3.05, 3.63) is 41.5 Å². The summed E-state index contributed by atoms with van der Waals surface area (Å²) in [7, 11) is 3.79. The molecular formula is C10H12ClFN. The van der Waals surface area contributed by atoms with Crippen molar-refractivity contribution >= 4 is 11.6 Å². The zero-order valence-electron chi connectivity index (χ0n) is 7.72. The Kier molecular flexibility index (Phi) is 3.28. The molecule has 0 fully saturated rings. The van der Waals surface area contributed by atoms with Gasteiger partial charge in [0.25, 0.3) is 0 Å². The number of halogens is 2. The quantitative estimate of drug-likeness (QED) is 0.710. The van der Waals surface area contributed by atoms with Gasteiger partial charge in [0.2, 0.25) is 0 Å². The first kappa shape index (κ1) is 10.5. The van der Waals surface area contributed by atoms with Gasteiger partial charge >= 0.3 is 0 Å². The largest absolute Gasteiger partial charge is 0.302 e. The number of rotatable bonds is 2. The summed E-state index contributed by atoms with van der Waals surface area (Å²) in [5.41, 5.74) is 0.826. The second kappa shape index (κ2) is 4.07. The van der Waals surface area contributed by atoms with Gasteiger partial charge in [-0.3, -0.25) is 0 Å². The summed E-state index contributed by atoms with van der Waals surface area (Å²) >= 11 is 5.56. The second-order valence-corrected chi connectivity index (χ2v) is 3.56. The first-order chi connectivity index (χ1) is 6.02. The van der Waals surface area contributed by atoms with Crippen LogP contribution >= 0.6 is 11.6 Å². The zero-order chi connectivity index (χ0) is 10.0. The van der Waals surface area contributed by atoms with Gasteiger partial charge in [-0.25, -0.2) is 4.39 Å². The summed E-state index contributed by atoms with van der Waals surface area (Å²) < 4.78 is 13.0. The molecule has 1 rings (SSSR count). The first-order valence-electron chi connectivity index (χ1n) is 3.97. The molecule has 0 aliphatic rings. The van der Waals surface area contributed by atoms with Crippen LogP contribution < -0.4 is 0 Å². The topological polar surface area (TPSA) is 3.24 Å². The average Bonchev–Trinajstić information content (AvgIpc) is 2.08. The fourth-order valence-electron chi connectivity index (χ4n) is 1.02. The van der Waals surface area contributed by atoms with E-state index in [-0.39, 0.29) is 11.1 Å². The molecular weight excluding hydrogens is 189 g/mol. The molecule has 71 valence electrons. The summed E-state index contributed by atoms with van der Waals surface area (Å²) in [5.74, 6) is -0.394. The van der Waals surface area contributed by atoms with E-state index in [1.165, 1.54) is 6.07 Å². The van der Waals surface area contributed by atoms with Crippen molar-refractivity contribution in [3.8, 4) is 0 Å². The van der Waals surface area contributed by atoms with Gasteiger partial charge in [-0.05, 0) is 38.7 Å². The van der Waals surface area contributed by atoms with E-state index < -0.39 is 5.82 Å². The van der Waals surface area contributed by atoms with Crippen molar-refractivity contribution in [1.82, 2.24) is 4.90 Å². The third kappa shape index (κ3) is 2.42. The van der Waals surface area contributed by atoms with E-state index in [9.17, 15) is 4.39 Å². The molecule has 0 spiro atoms. The molecule has 0 aliphatic carbocycles. The molecule has 1 nitrogen and oxygen atoms in total. The molecule has 0 aliphatic heterocycles. The van der Waals surface area contributed by atoms with E-state index in [2.05, 4.69) is 6.92 Å². The lowest BCUT2D eigenvalue weighted by Crippen LogP contribution is -2.17. The van der Waals surface area contributed by atoms with E-state index in [0.717, 1.165) is 5.56 Å². The van der Waals surface area contributed by atoms with Gasteiger partial charge in [0.05, 0.1) is 5.02 Å². The average molecular weight is 201 g/mol. The van der Waals surface area contributed by atoms with Crippen LogP contribution in [0.25, 0.3) is 0 Å². The summed E-state index contributed by atoms with van der Waals surface area (Å²) in [4.78, 5) is 1.91. The maximum absolute atomic E-state index is 13.0. The minimum atomic E-state index is -0.394. The Hall–Kier alpha value is -0.600. The van der Waals surface area contributed by atoms with Gasteiger partial charge in [0.1, 0.15) is 5.82 Å². The zero-order valence-corrected chi connectivity index (χ0v) is 8.48. The molecule has 0 heterocycles. The molecule has 1 aromatic rings. The van der Waals surface area contributed by atoms with Crippen LogP contribution in [0, 0.1) is 12.7 Å². The maximum Gasteiger partial charge on any atom is 0.142 e. The predicted octanol–water partition coefficient (Wildman–Crippen LogP) is 2.92. The van der Waals surface area contributed by atoms with Crippen LogP contribution in [-0.2, 0) is 0 Å². The van der Waals surface area contributed by atoms with Crippen LogP contribution in [-0.4, -0.2) is 19.0 Å². The van der Waals surface area contributed by atoms with E-state index in [1.807, 2.05) is 19.0 Å².